The molecule has 0 aliphatic carbocycles. The third-order valence-corrected chi connectivity index (χ3v) is 7.35. The summed E-state index contributed by atoms with van der Waals surface area (Å²) in [5.74, 6) is -2.61. The molecule has 2 heterocycles. The van der Waals surface area contributed by atoms with Crippen LogP contribution in [0.3, 0.4) is 0 Å². The molecule has 2 aliphatic rings. The van der Waals surface area contributed by atoms with Gasteiger partial charge in [0.05, 0.1) is 22.3 Å². The zero-order valence-electron chi connectivity index (χ0n) is 18.8. The second-order valence-corrected chi connectivity index (χ2v) is 9.32. The van der Waals surface area contributed by atoms with E-state index >= 15 is 0 Å². The Bertz CT molecular complexity index is 1640. The van der Waals surface area contributed by atoms with Gasteiger partial charge in [0.2, 0.25) is 0 Å². The topological polar surface area (TPSA) is 86.7 Å². The Morgan fingerprint density at radius 3 is 0.853 bits per heavy atom. The van der Waals surface area contributed by atoms with Crippen LogP contribution in [-0.4, -0.2) is 23.9 Å². The predicted octanol–water partition coefficient (Wildman–Crippen LogP) is 5.59. The fourth-order valence-electron chi connectivity index (χ4n) is 6.13. The number of aryl methyl sites for hydroxylation is 4. The molecule has 7 rings (SSSR count). The Kier molecular flexibility index (Phi) is 3.26. The van der Waals surface area contributed by atoms with Crippen molar-refractivity contribution in [1.82, 2.24) is 0 Å². The van der Waals surface area contributed by atoms with Crippen molar-refractivity contribution in [3.63, 3.8) is 0 Å². The van der Waals surface area contributed by atoms with E-state index < -0.39 is 23.9 Å². The van der Waals surface area contributed by atoms with Gasteiger partial charge in [0.1, 0.15) is 0 Å². The number of ether oxygens (including phenoxy) is 2. The highest BCUT2D eigenvalue weighted by Gasteiger charge is 2.35. The second-order valence-electron chi connectivity index (χ2n) is 9.32. The van der Waals surface area contributed by atoms with Gasteiger partial charge in [0.25, 0.3) is 0 Å². The van der Waals surface area contributed by atoms with Gasteiger partial charge in [-0.2, -0.15) is 0 Å². The summed E-state index contributed by atoms with van der Waals surface area (Å²) < 4.78 is 10.1. The first-order chi connectivity index (χ1) is 16.2. The average molecular weight is 448 g/mol. The molecule has 0 atom stereocenters. The van der Waals surface area contributed by atoms with Gasteiger partial charge in [-0.3, -0.25) is 0 Å². The predicted molar refractivity (Wildman–Crippen MR) is 126 cm³/mol. The number of esters is 4. The zero-order chi connectivity index (χ0) is 23.8. The number of rotatable bonds is 0. The van der Waals surface area contributed by atoms with Crippen LogP contribution in [0.15, 0.2) is 24.3 Å². The quantitative estimate of drug-likeness (QED) is 0.133. The van der Waals surface area contributed by atoms with Crippen molar-refractivity contribution in [1.29, 1.82) is 0 Å². The first kappa shape index (κ1) is 19.2. The van der Waals surface area contributed by atoms with Crippen molar-refractivity contribution in [3.05, 3.63) is 68.8 Å². The number of benzene rings is 5. The van der Waals surface area contributed by atoms with E-state index in [4.69, 9.17) is 9.47 Å². The summed E-state index contributed by atoms with van der Waals surface area (Å²) in [4.78, 5) is 50.8. The molecular weight excluding hydrogens is 432 g/mol. The van der Waals surface area contributed by atoms with Crippen LogP contribution in [0.2, 0.25) is 0 Å². The minimum atomic E-state index is -0.653. The van der Waals surface area contributed by atoms with Gasteiger partial charge >= 0.3 is 23.9 Å². The van der Waals surface area contributed by atoms with Gasteiger partial charge < -0.3 is 9.47 Å². The molecule has 0 radical (unpaired) electrons. The van der Waals surface area contributed by atoms with Crippen molar-refractivity contribution in [3.8, 4) is 0 Å². The maximum Gasteiger partial charge on any atom is 0.346 e. The monoisotopic (exact) mass is 448 g/mol. The van der Waals surface area contributed by atoms with Crippen molar-refractivity contribution in [2.24, 2.45) is 0 Å². The smallest absolute Gasteiger partial charge is 0.346 e. The summed E-state index contributed by atoms with van der Waals surface area (Å²) >= 11 is 0. The first-order valence-corrected chi connectivity index (χ1v) is 10.9. The Hall–Kier alpha value is -4.32. The van der Waals surface area contributed by atoms with Gasteiger partial charge in [0.15, 0.2) is 0 Å². The van der Waals surface area contributed by atoms with E-state index in [2.05, 4.69) is 0 Å². The Morgan fingerprint density at radius 1 is 0.382 bits per heavy atom. The first-order valence-electron chi connectivity index (χ1n) is 10.9. The third-order valence-electron chi connectivity index (χ3n) is 7.35. The molecule has 0 amide bonds. The van der Waals surface area contributed by atoms with Crippen molar-refractivity contribution in [2.45, 2.75) is 27.7 Å². The fraction of sp³-hybridized carbons (Fsp3) is 0.143. The standard InChI is InChI=1S/C28H16O6/c1-9-5-13-21-14(26(30)33-25(13)29)7-11(3)19-20-12(4)8-16-22-15(27(31)34-28(16)32)6-10(2)18(24(20)22)17(9)23(19)21/h5-8H,1-4H3. The van der Waals surface area contributed by atoms with Crippen LogP contribution in [0.25, 0.3) is 43.1 Å². The molecule has 0 saturated carbocycles. The van der Waals surface area contributed by atoms with Crippen LogP contribution in [0.4, 0.5) is 0 Å². The number of hydrogen-bond donors (Lipinski definition) is 0. The van der Waals surface area contributed by atoms with E-state index in [9.17, 15) is 19.2 Å². The summed E-state index contributed by atoms with van der Waals surface area (Å²) in [6.07, 6.45) is 0. The molecule has 5 aromatic rings. The van der Waals surface area contributed by atoms with Gasteiger partial charge in [0, 0.05) is 10.8 Å². The lowest BCUT2D eigenvalue weighted by Crippen LogP contribution is -2.21. The van der Waals surface area contributed by atoms with Crippen molar-refractivity contribution in [2.75, 3.05) is 0 Å². The molecule has 0 spiro atoms. The van der Waals surface area contributed by atoms with Crippen LogP contribution >= 0.6 is 0 Å². The normalized spacial score (nSPS) is 15.2. The zero-order valence-corrected chi connectivity index (χ0v) is 18.8. The highest BCUT2D eigenvalue weighted by atomic mass is 16.6. The summed E-state index contributed by atoms with van der Waals surface area (Å²) in [5, 5.41) is 6.47. The number of cyclic esters (lactones) is 4. The second kappa shape index (κ2) is 5.78. The molecule has 0 bridgehead atoms. The van der Waals surface area contributed by atoms with Gasteiger partial charge in [-0.25, -0.2) is 19.2 Å². The van der Waals surface area contributed by atoms with Gasteiger partial charge in [-0.15, -0.1) is 0 Å². The lowest BCUT2D eigenvalue weighted by Gasteiger charge is -2.26. The van der Waals surface area contributed by atoms with E-state index in [-0.39, 0.29) is 0 Å². The molecule has 0 aromatic heterocycles. The maximum atomic E-state index is 12.7. The molecule has 0 fully saturated rings. The Balaban J connectivity index is 1.93. The van der Waals surface area contributed by atoms with E-state index in [1.54, 1.807) is 24.3 Å². The third kappa shape index (κ3) is 1.98. The van der Waals surface area contributed by atoms with E-state index in [0.29, 0.717) is 33.0 Å². The Labute approximate surface area is 192 Å². The van der Waals surface area contributed by atoms with Crippen LogP contribution in [0, 0.1) is 27.7 Å². The van der Waals surface area contributed by atoms with Gasteiger partial charge in [-0.1, -0.05) is 0 Å². The highest BCUT2D eigenvalue weighted by molar-refractivity contribution is 6.41. The molecule has 6 heteroatoms. The van der Waals surface area contributed by atoms with Crippen molar-refractivity contribution < 1.29 is 28.7 Å². The molecule has 164 valence electrons. The fourth-order valence-corrected chi connectivity index (χ4v) is 6.13. The molecule has 2 aliphatic heterocycles. The summed E-state index contributed by atoms with van der Waals surface area (Å²) in [6.45, 7) is 7.69. The highest BCUT2D eigenvalue weighted by Crippen LogP contribution is 2.49. The SMILES string of the molecule is Cc1cc2c3c(cc(C)c4c5c(C)cc6c7c(cc(C)c(c1c34)c75)C(=O)OC6=O)C(=O)OC2=O. The number of fused-ring (bicyclic) bond motifs is 2. The molecule has 0 N–H and O–H groups in total. The molecule has 0 saturated heterocycles. The van der Waals surface area contributed by atoms with E-state index in [1.807, 2.05) is 27.7 Å². The molecule has 34 heavy (non-hydrogen) atoms. The minimum Gasteiger partial charge on any atom is -0.386 e. The van der Waals surface area contributed by atoms with Gasteiger partial charge in [-0.05, 0) is 107 Å². The van der Waals surface area contributed by atoms with Crippen molar-refractivity contribution >= 4 is 67.0 Å². The number of carbonyl (C=O) groups is 4. The van der Waals surface area contributed by atoms with Crippen LogP contribution in [0.1, 0.15) is 63.7 Å². The summed E-state index contributed by atoms with van der Waals surface area (Å²) in [6, 6.07) is 7.06. The van der Waals surface area contributed by atoms with E-state index in [0.717, 1.165) is 54.6 Å². The van der Waals surface area contributed by atoms with E-state index in [1.165, 1.54) is 0 Å². The van der Waals surface area contributed by atoms with Crippen LogP contribution in [-0.2, 0) is 9.47 Å². The average Bonchev–Trinajstić information content (AvgIpc) is 2.77. The Morgan fingerprint density at radius 2 is 0.618 bits per heavy atom. The summed E-state index contributed by atoms with van der Waals surface area (Å²) in [5.41, 5.74) is 4.88. The number of hydrogen-bond acceptors (Lipinski definition) is 6. The van der Waals surface area contributed by atoms with Crippen LogP contribution in [0.5, 0.6) is 0 Å². The molecule has 6 nitrogen and oxygen atoms in total. The van der Waals surface area contributed by atoms with Crippen LogP contribution < -0.4 is 0 Å². The maximum absolute atomic E-state index is 12.7. The molecular formula is C28H16O6. The summed E-state index contributed by atoms with van der Waals surface area (Å²) in [7, 11) is 0. The molecule has 5 aromatic carbocycles. The largest absolute Gasteiger partial charge is 0.386 e. The minimum absolute atomic E-state index is 0.371. The lowest BCUT2D eigenvalue weighted by atomic mass is 9.78. The number of carbonyl (C=O) groups excluding carboxylic acids is 4. The lowest BCUT2D eigenvalue weighted by molar-refractivity contribution is 0.0373. The molecule has 0 unspecified atom stereocenters.